The minimum absolute atomic E-state index is 0.123. The van der Waals surface area contributed by atoms with Gasteiger partial charge in [0, 0.05) is 0 Å². The zero-order chi connectivity index (χ0) is 15.2. The van der Waals surface area contributed by atoms with Crippen LogP contribution in [0.15, 0.2) is 12.7 Å². The second kappa shape index (κ2) is 5.96. The molecule has 0 spiro atoms. The lowest BCUT2D eigenvalue weighted by Gasteiger charge is -2.56. The second-order valence-electron chi connectivity index (χ2n) is 8.92. The average molecular weight is 303 g/mol. The van der Waals surface area contributed by atoms with Crippen LogP contribution in [0.25, 0.3) is 0 Å². The number of hydrogen-bond acceptors (Lipinski definition) is 1. The van der Waals surface area contributed by atoms with Crippen LogP contribution in [0.3, 0.4) is 0 Å². The molecule has 4 aliphatic carbocycles. The molecular formula is C21H34O. The number of hydrogen-bond donors (Lipinski definition) is 1. The predicted octanol–water partition coefficient (Wildman–Crippen LogP) is 5.34. The van der Waals surface area contributed by atoms with Gasteiger partial charge in [-0.1, -0.05) is 31.8 Å². The highest BCUT2D eigenvalue weighted by Crippen LogP contribution is 2.63. The number of fused-ring (bicyclic) bond motifs is 5. The third kappa shape index (κ3) is 2.22. The molecule has 22 heavy (non-hydrogen) atoms. The summed E-state index contributed by atoms with van der Waals surface area (Å²) in [7, 11) is 0. The Bertz CT molecular complexity index is 416. The molecule has 4 rings (SSSR count). The molecule has 1 nitrogen and oxygen atoms in total. The van der Waals surface area contributed by atoms with E-state index in [0.717, 1.165) is 36.0 Å². The van der Waals surface area contributed by atoms with Gasteiger partial charge in [0.2, 0.25) is 0 Å². The summed E-state index contributed by atoms with van der Waals surface area (Å²) in [5.41, 5.74) is 0.261. The van der Waals surface area contributed by atoms with Gasteiger partial charge < -0.3 is 5.11 Å². The molecule has 0 aliphatic heterocycles. The maximum absolute atomic E-state index is 10.9. The Morgan fingerprint density at radius 3 is 2.64 bits per heavy atom. The molecule has 7 atom stereocenters. The Hall–Kier alpha value is -0.300. The zero-order valence-electron chi connectivity index (χ0n) is 14.2. The van der Waals surface area contributed by atoms with Crippen molar-refractivity contribution < 1.29 is 5.11 Å². The van der Waals surface area contributed by atoms with Gasteiger partial charge in [-0.05, 0) is 86.4 Å². The number of aliphatic hydroxyl groups excluding tert-OH is 1. The van der Waals surface area contributed by atoms with E-state index in [0.29, 0.717) is 0 Å². The lowest BCUT2D eigenvalue weighted by Crippen LogP contribution is -2.51. The Morgan fingerprint density at radius 2 is 1.77 bits per heavy atom. The zero-order valence-corrected chi connectivity index (χ0v) is 14.2. The van der Waals surface area contributed by atoms with Gasteiger partial charge in [-0.15, -0.1) is 6.58 Å². The van der Waals surface area contributed by atoms with E-state index in [-0.39, 0.29) is 11.5 Å². The van der Waals surface area contributed by atoms with E-state index in [2.05, 4.69) is 6.58 Å². The third-order valence-corrected chi connectivity index (χ3v) is 8.35. The fourth-order valence-corrected chi connectivity index (χ4v) is 7.51. The smallest absolute Gasteiger partial charge is 0.0633 e. The van der Waals surface area contributed by atoms with Gasteiger partial charge in [0.15, 0.2) is 0 Å². The van der Waals surface area contributed by atoms with Gasteiger partial charge in [0.1, 0.15) is 0 Å². The topological polar surface area (TPSA) is 20.2 Å². The molecular weight excluding hydrogens is 268 g/mol. The molecule has 4 fully saturated rings. The van der Waals surface area contributed by atoms with Crippen molar-refractivity contribution in [3.05, 3.63) is 12.7 Å². The summed E-state index contributed by atoms with van der Waals surface area (Å²) in [6.07, 6.45) is 18.4. The molecule has 1 N–H and O–H groups in total. The van der Waals surface area contributed by atoms with E-state index in [9.17, 15) is 5.11 Å². The molecule has 124 valence electrons. The predicted molar refractivity (Wildman–Crippen MR) is 91.5 cm³/mol. The first-order valence-electron chi connectivity index (χ1n) is 10.1. The van der Waals surface area contributed by atoms with Crippen molar-refractivity contribution in [1.29, 1.82) is 0 Å². The molecule has 0 amide bonds. The molecule has 2 unspecified atom stereocenters. The highest BCUT2D eigenvalue weighted by atomic mass is 16.3. The van der Waals surface area contributed by atoms with Crippen LogP contribution < -0.4 is 0 Å². The quantitative estimate of drug-likeness (QED) is 0.698. The molecule has 4 aliphatic rings. The summed E-state index contributed by atoms with van der Waals surface area (Å²) in [6.45, 7) is 3.88. The maximum Gasteiger partial charge on any atom is 0.0633 e. The molecule has 1 heteroatoms. The van der Waals surface area contributed by atoms with Crippen molar-refractivity contribution >= 4 is 0 Å². The van der Waals surface area contributed by atoms with Crippen LogP contribution in [0, 0.1) is 35.0 Å². The van der Waals surface area contributed by atoms with Crippen molar-refractivity contribution in [2.24, 2.45) is 35.0 Å². The second-order valence-corrected chi connectivity index (χ2v) is 8.92. The van der Waals surface area contributed by atoms with Gasteiger partial charge >= 0.3 is 0 Å². The van der Waals surface area contributed by atoms with Crippen molar-refractivity contribution in [1.82, 2.24) is 0 Å². The summed E-state index contributed by atoms with van der Waals surface area (Å²) in [4.78, 5) is 0. The van der Waals surface area contributed by atoms with Crippen molar-refractivity contribution in [2.45, 2.75) is 83.2 Å². The van der Waals surface area contributed by atoms with E-state index in [1.54, 1.807) is 0 Å². The van der Waals surface area contributed by atoms with E-state index in [1.165, 1.54) is 70.6 Å². The van der Waals surface area contributed by atoms with E-state index >= 15 is 0 Å². The van der Waals surface area contributed by atoms with Gasteiger partial charge in [-0.3, -0.25) is 0 Å². The Kier molecular flexibility index (Phi) is 4.13. The molecule has 0 aromatic heterocycles. The van der Waals surface area contributed by atoms with Crippen molar-refractivity contribution in [2.75, 3.05) is 0 Å². The van der Waals surface area contributed by atoms with Crippen LogP contribution in [0.5, 0.6) is 0 Å². The first kappa shape index (κ1) is 15.2. The lowest BCUT2D eigenvalue weighted by molar-refractivity contribution is -0.105. The molecule has 0 heterocycles. The fourth-order valence-electron chi connectivity index (χ4n) is 7.51. The van der Waals surface area contributed by atoms with Crippen LogP contribution >= 0.6 is 0 Å². The molecule has 0 aromatic carbocycles. The largest absolute Gasteiger partial charge is 0.392 e. The summed E-state index contributed by atoms with van der Waals surface area (Å²) in [5, 5.41) is 10.9. The first-order valence-corrected chi connectivity index (χ1v) is 10.1. The van der Waals surface area contributed by atoms with Crippen molar-refractivity contribution in [3.8, 4) is 0 Å². The molecule has 0 aromatic rings. The van der Waals surface area contributed by atoms with Crippen LogP contribution in [0.2, 0.25) is 0 Å². The highest BCUT2D eigenvalue weighted by molar-refractivity contribution is 5.07. The summed E-state index contributed by atoms with van der Waals surface area (Å²) in [5.74, 6) is 4.87. The highest BCUT2D eigenvalue weighted by Gasteiger charge is 2.57. The molecule has 0 bridgehead atoms. The van der Waals surface area contributed by atoms with E-state index < -0.39 is 0 Å². The van der Waals surface area contributed by atoms with Crippen molar-refractivity contribution in [3.63, 3.8) is 0 Å². The van der Waals surface area contributed by atoms with Gasteiger partial charge in [-0.2, -0.15) is 0 Å². The summed E-state index contributed by atoms with van der Waals surface area (Å²) in [6, 6.07) is 0. The maximum atomic E-state index is 10.9. The Balaban J connectivity index is 1.57. The molecule has 4 saturated carbocycles. The standard InChI is InChI=1S/C21H34O/c1-2-6-20(22)21-13-5-9-19(21)18-11-10-15-7-3-4-8-16(15)17(18)12-14-21/h2,15-20,22H,1,3-14H2/t15?,16-,17+,18+,19-,20?,21+/m0/s1. The molecule has 0 radical (unpaired) electrons. The Labute approximate surface area is 136 Å². The fraction of sp³-hybridized carbons (Fsp3) is 0.905. The SMILES string of the molecule is C=CCC(O)[C@@]12CCC[C@H]1[C@@H]1CCC3CCCC[C@@H]3[C@H]1CC2. The number of aliphatic hydroxyl groups is 1. The van der Waals surface area contributed by atoms with E-state index in [1.807, 2.05) is 6.08 Å². The van der Waals surface area contributed by atoms with Crippen LogP contribution in [-0.4, -0.2) is 11.2 Å². The monoisotopic (exact) mass is 302 g/mol. The van der Waals surface area contributed by atoms with Gasteiger partial charge in [-0.25, -0.2) is 0 Å². The first-order chi connectivity index (χ1) is 10.8. The third-order valence-electron chi connectivity index (χ3n) is 8.35. The minimum Gasteiger partial charge on any atom is -0.392 e. The molecule has 0 saturated heterocycles. The van der Waals surface area contributed by atoms with Crippen LogP contribution in [0.4, 0.5) is 0 Å². The van der Waals surface area contributed by atoms with E-state index in [4.69, 9.17) is 0 Å². The number of rotatable bonds is 3. The van der Waals surface area contributed by atoms with Crippen LogP contribution in [-0.2, 0) is 0 Å². The normalized spacial score (nSPS) is 48.9. The van der Waals surface area contributed by atoms with Gasteiger partial charge in [0.25, 0.3) is 0 Å². The average Bonchev–Trinajstić information content (AvgIpc) is 3.00. The minimum atomic E-state index is -0.123. The summed E-state index contributed by atoms with van der Waals surface area (Å²) >= 11 is 0. The van der Waals surface area contributed by atoms with Crippen LogP contribution in [0.1, 0.15) is 77.0 Å². The summed E-state index contributed by atoms with van der Waals surface area (Å²) < 4.78 is 0. The Morgan fingerprint density at radius 1 is 0.909 bits per heavy atom. The van der Waals surface area contributed by atoms with Gasteiger partial charge in [0.05, 0.1) is 6.10 Å². The lowest BCUT2D eigenvalue weighted by atomic mass is 9.49.